The van der Waals surface area contributed by atoms with E-state index in [0.717, 1.165) is 11.3 Å². The fraction of sp³-hybridized carbons (Fsp3) is 0. The van der Waals surface area contributed by atoms with Crippen LogP contribution in [0.1, 0.15) is 9.67 Å². The number of nitrogens with two attached hydrogens (primary N) is 1. The molecule has 0 atom stereocenters. The summed E-state index contributed by atoms with van der Waals surface area (Å²) in [5.74, 6) is -0.765. The van der Waals surface area contributed by atoms with E-state index in [2.05, 4.69) is 31.4 Å². The molecule has 0 spiro atoms. The van der Waals surface area contributed by atoms with Gasteiger partial charge in [0, 0.05) is 11.1 Å². The molecule has 3 rings (SSSR count). The second-order valence-corrected chi connectivity index (χ2v) is 6.03. The van der Waals surface area contributed by atoms with Crippen LogP contribution >= 0.6 is 27.3 Å². The maximum atomic E-state index is 13.2. The van der Waals surface area contributed by atoms with Crippen LogP contribution < -0.4 is 11.1 Å². The van der Waals surface area contributed by atoms with Crippen LogP contribution in [0, 0.1) is 5.82 Å². The van der Waals surface area contributed by atoms with E-state index in [9.17, 15) is 9.18 Å². The van der Waals surface area contributed by atoms with Gasteiger partial charge in [0.2, 0.25) is 0 Å². The van der Waals surface area contributed by atoms with Crippen molar-refractivity contribution in [2.24, 2.45) is 0 Å². The minimum Gasteiger partial charge on any atom is -0.397 e. The Balaban J connectivity index is 1.93. The summed E-state index contributed by atoms with van der Waals surface area (Å²) in [4.78, 5) is 13.2. The minimum atomic E-state index is -0.398. The molecule has 0 aliphatic rings. The molecule has 1 aromatic carbocycles. The Kier molecular flexibility index (Phi) is 3.56. The highest BCUT2D eigenvalue weighted by atomic mass is 79.9. The molecule has 0 bridgehead atoms. The normalized spacial score (nSPS) is 10.8. The first-order chi connectivity index (χ1) is 10.1. The molecule has 0 aliphatic heterocycles. The van der Waals surface area contributed by atoms with Gasteiger partial charge < -0.3 is 11.1 Å². The van der Waals surface area contributed by atoms with Crippen molar-refractivity contribution in [2.75, 3.05) is 11.1 Å². The van der Waals surface area contributed by atoms with Crippen LogP contribution in [0.2, 0.25) is 0 Å². The van der Waals surface area contributed by atoms with Crippen molar-refractivity contribution in [1.29, 1.82) is 0 Å². The van der Waals surface area contributed by atoms with E-state index in [1.807, 2.05) is 0 Å². The number of thiophene rings is 1. The quantitative estimate of drug-likeness (QED) is 0.727. The fourth-order valence-electron chi connectivity index (χ4n) is 1.80. The van der Waals surface area contributed by atoms with Crippen molar-refractivity contribution >= 4 is 54.8 Å². The number of carbonyl (C=O) groups excluding carboxylic acids is 1. The highest BCUT2D eigenvalue weighted by molar-refractivity contribution is 9.10. The van der Waals surface area contributed by atoms with Crippen molar-refractivity contribution in [2.45, 2.75) is 0 Å². The number of amides is 1. The van der Waals surface area contributed by atoms with Gasteiger partial charge in [0.1, 0.15) is 15.5 Å². The molecule has 8 heteroatoms. The molecular formula is C13H8BrFN4OS. The minimum absolute atomic E-state index is 0.274. The van der Waals surface area contributed by atoms with Gasteiger partial charge in [-0.05, 0) is 40.2 Å². The van der Waals surface area contributed by atoms with Crippen molar-refractivity contribution in [3.63, 3.8) is 0 Å². The number of aromatic nitrogens is 2. The predicted molar refractivity (Wildman–Crippen MR) is 83.9 cm³/mol. The smallest absolute Gasteiger partial charge is 0.267 e. The van der Waals surface area contributed by atoms with E-state index in [1.54, 1.807) is 6.07 Å². The van der Waals surface area contributed by atoms with Gasteiger partial charge in [-0.2, -0.15) is 5.10 Å². The summed E-state index contributed by atoms with van der Waals surface area (Å²) < 4.78 is 13.4. The number of nitrogens with zero attached hydrogens (tertiary/aromatic N) is 2. The van der Waals surface area contributed by atoms with Gasteiger partial charge in [-0.1, -0.05) is 0 Å². The van der Waals surface area contributed by atoms with Gasteiger partial charge in [-0.3, -0.25) is 4.79 Å². The van der Waals surface area contributed by atoms with Crippen molar-refractivity contribution in [3.8, 4) is 0 Å². The Hall–Kier alpha value is -2.06. The molecular weight excluding hydrogens is 359 g/mol. The lowest BCUT2D eigenvalue weighted by atomic mass is 10.2. The molecule has 21 heavy (non-hydrogen) atoms. The first-order valence-electron chi connectivity index (χ1n) is 5.82. The molecule has 0 saturated heterocycles. The molecule has 106 valence electrons. The number of nitrogens with one attached hydrogen (secondary N) is 1. The zero-order valence-electron chi connectivity index (χ0n) is 10.4. The fourth-order valence-corrected chi connectivity index (χ4v) is 3.12. The molecule has 3 N–H and O–H groups in total. The first-order valence-corrected chi connectivity index (χ1v) is 7.43. The summed E-state index contributed by atoms with van der Waals surface area (Å²) in [5.41, 5.74) is 6.79. The third-order valence-electron chi connectivity index (χ3n) is 2.80. The molecule has 0 aliphatic carbocycles. The second-order valence-electron chi connectivity index (χ2n) is 4.18. The summed E-state index contributed by atoms with van der Waals surface area (Å²) in [5, 5.41) is 11.1. The molecule has 5 nitrogen and oxygen atoms in total. The largest absolute Gasteiger partial charge is 0.397 e. The number of hydrogen-bond acceptors (Lipinski definition) is 5. The zero-order valence-corrected chi connectivity index (χ0v) is 12.8. The molecule has 3 aromatic rings. The Bertz CT molecular complexity index is 851. The van der Waals surface area contributed by atoms with E-state index in [1.165, 1.54) is 24.4 Å². The third-order valence-corrected chi connectivity index (χ3v) is 4.52. The second kappa shape index (κ2) is 5.38. The van der Waals surface area contributed by atoms with E-state index < -0.39 is 5.82 Å². The average Bonchev–Trinajstić information content (AvgIpc) is 2.81. The molecule has 2 heterocycles. The van der Waals surface area contributed by atoms with E-state index in [0.29, 0.717) is 26.5 Å². The van der Waals surface area contributed by atoms with E-state index in [-0.39, 0.29) is 10.4 Å². The van der Waals surface area contributed by atoms with Gasteiger partial charge in [-0.15, -0.1) is 16.4 Å². The van der Waals surface area contributed by atoms with Crippen molar-refractivity contribution in [3.05, 3.63) is 45.6 Å². The highest BCUT2D eigenvalue weighted by Crippen LogP contribution is 2.32. The lowest BCUT2D eigenvalue weighted by molar-refractivity contribution is 0.103. The van der Waals surface area contributed by atoms with Crippen LogP contribution in [-0.4, -0.2) is 16.1 Å². The Morgan fingerprint density at radius 2 is 2.19 bits per heavy atom. The SMILES string of the molecule is Nc1c(C(=O)Nc2ccc(F)c(Br)c2)sc2nnccc12. The van der Waals surface area contributed by atoms with Gasteiger partial charge >= 0.3 is 0 Å². The first kappa shape index (κ1) is 13.9. The maximum Gasteiger partial charge on any atom is 0.267 e. The molecule has 1 amide bonds. The van der Waals surface area contributed by atoms with Crippen LogP contribution in [0.25, 0.3) is 10.2 Å². The van der Waals surface area contributed by atoms with Crippen LogP contribution in [0.15, 0.2) is 34.9 Å². The zero-order chi connectivity index (χ0) is 15.0. The topological polar surface area (TPSA) is 80.9 Å². The Morgan fingerprint density at radius 3 is 2.90 bits per heavy atom. The van der Waals surface area contributed by atoms with Crippen LogP contribution in [0.5, 0.6) is 0 Å². The number of rotatable bonds is 2. The van der Waals surface area contributed by atoms with Gasteiger partial charge in [0.25, 0.3) is 5.91 Å². The third kappa shape index (κ3) is 2.59. The monoisotopic (exact) mass is 366 g/mol. The standard InChI is InChI=1S/C13H8BrFN4OS/c14-8-5-6(1-2-9(8)15)18-12(20)11-10(16)7-3-4-17-19-13(7)21-11/h1-5H,16H2,(H,18,20). The lowest BCUT2D eigenvalue weighted by Gasteiger charge is -2.05. The van der Waals surface area contributed by atoms with Crippen LogP contribution in [-0.2, 0) is 0 Å². The van der Waals surface area contributed by atoms with Gasteiger partial charge in [0.05, 0.1) is 16.4 Å². The highest BCUT2D eigenvalue weighted by Gasteiger charge is 2.17. The summed E-state index contributed by atoms with van der Waals surface area (Å²) in [6.07, 6.45) is 1.52. The van der Waals surface area contributed by atoms with Crippen LogP contribution in [0.4, 0.5) is 15.8 Å². The lowest BCUT2D eigenvalue weighted by Crippen LogP contribution is -2.12. The number of fused-ring (bicyclic) bond motifs is 1. The molecule has 0 fully saturated rings. The van der Waals surface area contributed by atoms with Crippen molar-refractivity contribution < 1.29 is 9.18 Å². The summed E-state index contributed by atoms with van der Waals surface area (Å²) in [7, 11) is 0. The molecule has 0 saturated carbocycles. The summed E-state index contributed by atoms with van der Waals surface area (Å²) in [6.45, 7) is 0. The summed E-state index contributed by atoms with van der Waals surface area (Å²) in [6, 6.07) is 5.93. The number of hydrogen-bond donors (Lipinski definition) is 2. The summed E-state index contributed by atoms with van der Waals surface area (Å²) >= 11 is 4.23. The van der Waals surface area contributed by atoms with E-state index in [4.69, 9.17) is 5.73 Å². The number of nitrogen functional groups attached to an aromatic ring is 1. The maximum absolute atomic E-state index is 13.2. The van der Waals surface area contributed by atoms with Gasteiger partial charge in [-0.25, -0.2) is 4.39 Å². The number of halogens is 2. The van der Waals surface area contributed by atoms with Crippen molar-refractivity contribution in [1.82, 2.24) is 10.2 Å². The van der Waals surface area contributed by atoms with E-state index >= 15 is 0 Å². The number of anilines is 2. The predicted octanol–water partition coefficient (Wildman–Crippen LogP) is 3.43. The number of benzene rings is 1. The van der Waals surface area contributed by atoms with Crippen LogP contribution in [0.3, 0.4) is 0 Å². The Labute approximate surface area is 131 Å². The molecule has 0 radical (unpaired) electrons. The Morgan fingerprint density at radius 1 is 1.38 bits per heavy atom. The number of carbonyl (C=O) groups is 1. The average molecular weight is 367 g/mol. The molecule has 2 aromatic heterocycles. The molecule has 0 unspecified atom stereocenters. The van der Waals surface area contributed by atoms with Gasteiger partial charge in [0.15, 0.2) is 0 Å².